The van der Waals surface area contributed by atoms with Gasteiger partial charge in [0.1, 0.15) is 0 Å². The zero-order chi connectivity index (χ0) is 10.9. The summed E-state index contributed by atoms with van der Waals surface area (Å²) in [6, 6.07) is 1.15. The average Bonchev–Trinajstić information content (AvgIpc) is 2.44. The van der Waals surface area contributed by atoms with E-state index in [1.54, 1.807) is 0 Å². The molecule has 0 aromatic rings. The zero-order valence-corrected chi connectivity index (χ0v) is 9.59. The van der Waals surface area contributed by atoms with Crippen LogP contribution in [0, 0.1) is 0 Å². The minimum absolute atomic E-state index is 0.0201. The molecular weight excluding hydrogens is 212 g/mol. The molecule has 15 heavy (non-hydrogen) atoms. The quantitative estimate of drug-likeness (QED) is 0.686. The molecule has 2 bridgehead atoms. The normalized spacial score (nSPS) is 35.3. The number of rotatable bonds is 4. The van der Waals surface area contributed by atoms with Crippen LogP contribution in [0.15, 0.2) is 12.7 Å². The van der Waals surface area contributed by atoms with Crippen LogP contribution in [0.5, 0.6) is 0 Å². The van der Waals surface area contributed by atoms with E-state index in [2.05, 4.69) is 16.6 Å². The first-order chi connectivity index (χ1) is 7.09. The topological polar surface area (TPSA) is 58.2 Å². The number of piperidine rings is 1. The van der Waals surface area contributed by atoms with Crippen molar-refractivity contribution in [1.82, 2.24) is 10.0 Å². The van der Waals surface area contributed by atoms with Crippen molar-refractivity contribution in [2.24, 2.45) is 0 Å². The molecule has 0 aliphatic carbocycles. The Morgan fingerprint density at radius 3 is 2.47 bits per heavy atom. The number of fused-ring (bicyclic) bond motifs is 2. The summed E-state index contributed by atoms with van der Waals surface area (Å²) in [6.45, 7) is 3.45. The summed E-state index contributed by atoms with van der Waals surface area (Å²) in [5, 5.41) is 3.48. The fourth-order valence-corrected chi connectivity index (χ4v) is 3.72. The first-order valence-corrected chi connectivity index (χ1v) is 7.11. The van der Waals surface area contributed by atoms with Gasteiger partial charge in [0, 0.05) is 18.1 Å². The van der Waals surface area contributed by atoms with Gasteiger partial charge in [-0.05, 0) is 25.7 Å². The van der Waals surface area contributed by atoms with Gasteiger partial charge in [-0.25, -0.2) is 13.1 Å². The van der Waals surface area contributed by atoms with Gasteiger partial charge in [-0.2, -0.15) is 0 Å². The summed E-state index contributed by atoms with van der Waals surface area (Å²) in [5.41, 5.74) is 0. The summed E-state index contributed by atoms with van der Waals surface area (Å²) in [4.78, 5) is 0. The van der Waals surface area contributed by atoms with Gasteiger partial charge in [0.05, 0.1) is 5.75 Å². The zero-order valence-electron chi connectivity index (χ0n) is 8.78. The molecule has 5 heteroatoms. The summed E-state index contributed by atoms with van der Waals surface area (Å²) in [6.07, 6.45) is 5.65. The van der Waals surface area contributed by atoms with Crippen LogP contribution in [0.4, 0.5) is 0 Å². The fraction of sp³-hybridized carbons (Fsp3) is 0.800. The molecule has 0 saturated carbocycles. The summed E-state index contributed by atoms with van der Waals surface area (Å²) < 4.78 is 25.8. The van der Waals surface area contributed by atoms with Gasteiger partial charge < -0.3 is 5.32 Å². The Kier molecular flexibility index (Phi) is 3.13. The smallest absolute Gasteiger partial charge is 0.215 e. The second-order valence-corrected chi connectivity index (χ2v) is 6.29. The van der Waals surface area contributed by atoms with Gasteiger partial charge in [-0.3, -0.25) is 0 Å². The van der Waals surface area contributed by atoms with Gasteiger partial charge in [0.15, 0.2) is 0 Å². The van der Waals surface area contributed by atoms with E-state index in [1.807, 2.05) is 0 Å². The van der Waals surface area contributed by atoms with Crippen molar-refractivity contribution < 1.29 is 8.42 Å². The lowest BCUT2D eigenvalue weighted by Gasteiger charge is -2.29. The third kappa shape index (κ3) is 2.80. The Labute approximate surface area is 91.2 Å². The molecule has 86 valence electrons. The molecule has 2 unspecified atom stereocenters. The lowest BCUT2D eigenvalue weighted by molar-refractivity contribution is 0.345. The van der Waals surface area contributed by atoms with Crippen molar-refractivity contribution in [3.63, 3.8) is 0 Å². The number of nitrogens with one attached hydrogen (secondary N) is 2. The highest BCUT2D eigenvalue weighted by molar-refractivity contribution is 7.89. The molecule has 0 amide bonds. The molecule has 0 aromatic heterocycles. The maximum atomic E-state index is 11.5. The fourth-order valence-electron chi connectivity index (χ4n) is 2.61. The predicted molar refractivity (Wildman–Crippen MR) is 60.1 cm³/mol. The van der Waals surface area contributed by atoms with Crippen LogP contribution in [-0.2, 0) is 10.0 Å². The van der Waals surface area contributed by atoms with Crippen molar-refractivity contribution in [2.45, 2.75) is 43.8 Å². The van der Waals surface area contributed by atoms with Crippen LogP contribution in [0.3, 0.4) is 0 Å². The van der Waals surface area contributed by atoms with Crippen LogP contribution >= 0.6 is 0 Å². The Balaban J connectivity index is 1.93. The number of hydrogen-bond donors (Lipinski definition) is 2. The second-order valence-electron chi connectivity index (χ2n) is 4.49. The summed E-state index contributed by atoms with van der Waals surface area (Å²) in [7, 11) is -3.15. The van der Waals surface area contributed by atoms with Crippen molar-refractivity contribution in [1.29, 1.82) is 0 Å². The Morgan fingerprint density at radius 2 is 1.93 bits per heavy atom. The van der Waals surface area contributed by atoms with Gasteiger partial charge >= 0.3 is 0 Å². The lowest BCUT2D eigenvalue weighted by Crippen LogP contribution is -2.48. The summed E-state index contributed by atoms with van der Waals surface area (Å²) in [5.74, 6) is 0.0201. The van der Waals surface area contributed by atoms with E-state index in [0.717, 1.165) is 12.8 Å². The van der Waals surface area contributed by atoms with Gasteiger partial charge in [-0.1, -0.05) is 6.08 Å². The minimum Gasteiger partial charge on any atom is -0.311 e. The molecular formula is C10H18N2O2S. The molecule has 2 N–H and O–H groups in total. The van der Waals surface area contributed by atoms with E-state index < -0.39 is 10.0 Å². The standard InChI is InChI=1S/C10H18N2O2S/c1-2-5-15(13,14)12-10-6-8-3-4-9(7-10)11-8/h2,8-12H,1,3-7H2. The van der Waals surface area contributed by atoms with Crippen LogP contribution in [0.1, 0.15) is 25.7 Å². The molecule has 2 heterocycles. The van der Waals surface area contributed by atoms with Crippen LogP contribution in [-0.4, -0.2) is 32.3 Å². The van der Waals surface area contributed by atoms with Crippen molar-refractivity contribution in [3.8, 4) is 0 Å². The van der Waals surface area contributed by atoms with E-state index >= 15 is 0 Å². The Bertz CT molecular complexity index is 327. The SMILES string of the molecule is C=CCS(=O)(=O)NC1CC2CCC(C1)N2. The molecule has 0 spiro atoms. The minimum atomic E-state index is -3.15. The van der Waals surface area contributed by atoms with Crippen molar-refractivity contribution in [3.05, 3.63) is 12.7 Å². The Morgan fingerprint density at radius 1 is 1.33 bits per heavy atom. The first-order valence-electron chi connectivity index (χ1n) is 5.46. The molecule has 2 aliphatic rings. The maximum absolute atomic E-state index is 11.5. The molecule has 2 rings (SSSR count). The van der Waals surface area contributed by atoms with Gasteiger partial charge in [-0.15, -0.1) is 6.58 Å². The van der Waals surface area contributed by atoms with Gasteiger partial charge in [0.2, 0.25) is 10.0 Å². The van der Waals surface area contributed by atoms with Crippen molar-refractivity contribution >= 4 is 10.0 Å². The highest BCUT2D eigenvalue weighted by Crippen LogP contribution is 2.27. The number of hydrogen-bond acceptors (Lipinski definition) is 3. The van der Waals surface area contributed by atoms with E-state index in [1.165, 1.54) is 18.9 Å². The van der Waals surface area contributed by atoms with E-state index in [9.17, 15) is 8.42 Å². The average molecular weight is 230 g/mol. The van der Waals surface area contributed by atoms with Crippen LogP contribution in [0.25, 0.3) is 0 Å². The van der Waals surface area contributed by atoms with Crippen LogP contribution < -0.4 is 10.0 Å². The maximum Gasteiger partial charge on any atom is 0.215 e. The third-order valence-corrected chi connectivity index (χ3v) is 4.52. The number of sulfonamides is 1. The highest BCUT2D eigenvalue weighted by atomic mass is 32.2. The summed E-state index contributed by atoms with van der Waals surface area (Å²) >= 11 is 0. The molecule has 2 atom stereocenters. The largest absolute Gasteiger partial charge is 0.311 e. The van der Waals surface area contributed by atoms with Gasteiger partial charge in [0.25, 0.3) is 0 Å². The third-order valence-electron chi connectivity index (χ3n) is 3.16. The van der Waals surface area contributed by atoms with E-state index in [4.69, 9.17) is 0 Å². The monoisotopic (exact) mass is 230 g/mol. The van der Waals surface area contributed by atoms with E-state index in [0.29, 0.717) is 12.1 Å². The molecule has 0 radical (unpaired) electrons. The Hall–Kier alpha value is -0.390. The van der Waals surface area contributed by atoms with Crippen molar-refractivity contribution in [2.75, 3.05) is 5.75 Å². The molecule has 2 saturated heterocycles. The molecule has 2 fully saturated rings. The predicted octanol–water partition coefficient (Wildman–Crippen LogP) is 0.375. The van der Waals surface area contributed by atoms with E-state index in [-0.39, 0.29) is 11.8 Å². The highest BCUT2D eigenvalue weighted by Gasteiger charge is 2.34. The molecule has 0 aromatic carbocycles. The molecule has 4 nitrogen and oxygen atoms in total. The second kappa shape index (κ2) is 4.23. The lowest BCUT2D eigenvalue weighted by atomic mass is 10.0. The molecule has 2 aliphatic heterocycles. The van der Waals surface area contributed by atoms with Crippen LogP contribution in [0.2, 0.25) is 0 Å². The first kappa shape index (κ1) is 11.1.